The van der Waals surface area contributed by atoms with E-state index in [4.69, 9.17) is 15.2 Å². The van der Waals surface area contributed by atoms with Gasteiger partial charge in [0.05, 0.1) is 6.04 Å². The Morgan fingerprint density at radius 2 is 2.22 bits per heavy atom. The van der Waals surface area contributed by atoms with Crippen LogP contribution in [0.3, 0.4) is 0 Å². The lowest BCUT2D eigenvalue weighted by Gasteiger charge is -2.07. The van der Waals surface area contributed by atoms with Crippen molar-refractivity contribution in [2.75, 3.05) is 13.3 Å². The van der Waals surface area contributed by atoms with Crippen LogP contribution in [0.5, 0.6) is 11.5 Å². The fourth-order valence-corrected chi connectivity index (χ4v) is 1.76. The van der Waals surface area contributed by atoms with E-state index in [2.05, 4.69) is 5.32 Å². The predicted octanol–water partition coefficient (Wildman–Crippen LogP) is 0.811. The highest BCUT2D eigenvalue weighted by Crippen LogP contribution is 2.32. The summed E-state index contributed by atoms with van der Waals surface area (Å²) in [6.07, 6.45) is 1.76. The van der Waals surface area contributed by atoms with Gasteiger partial charge in [0, 0.05) is 6.54 Å². The highest BCUT2D eigenvalue weighted by Gasteiger charge is 2.13. The van der Waals surface area contributed by atoms with Gasteiger partial charge in [-0.3, -0.25) is 4.79 Å². The van der Waals surface area contributed by atoms with Gasteiger partial charge in [0.1, 0.15) is 0 Å². The van der Waals surface area contributed by atoms with Crippen molar-refractivity contribution in [1.82, 2.24) is 5.32 Å². The molecule has 2 rings (SSSR count). The van der Waals surface area contributed by atoms with Crippen LogP contribution in [0.4, 0.5) is 0 Å². The largest absolute Gasteiger partial charge is 0.454 e. The zero-order chi connectivity index (χ0) is 13.0. The first-order valence-corrected chi connectivity index (χ1v) is 6.08. The van der Waals surface area contributed by atoms with Gasteiger partial charge < -0.3 is 20.5 Å². The van der Waals surface area contributed by atoms with E-state index in [1.807, 2.05) is 18.2 Å². The number of benzene rings is 1. The maximum atomic E-state index is 11.2. The third-order valence-electron chi connectivity index (χ3n) is 2.79. The Bertz CT molecular complexity index is 432. The van der Waals surface area contributed by atoms with E-state index in [-0.39, 0.29) is 5.91 Å². The number of hydrogen-bond donors (Lipinski definition) is 2. The summed E-state index contributed by atoms with van der Waals surface area (Å²) in [5.41, 5.74) is 6.62. The summed E-state index contributed by atoms with van der Waals surface area (Å²) in [4.78, 5) is 11.2. The molecule has 0 saturated heterocycles. The molecule has 0 radical (unpaired) electrons. The maximum absolute atomic E-state index is 11.2. The summed E-state index contributed by atoms with van der Waals surface area (Å²) >= 11 is 0. The fraction of sp³-hybridized carbons (Fsp3) is 0.462. The van der Waals surface area contributed by atoms with Crippen LogP contribution in [0, 0.1) is 0 Å². The van der Waals surface area contributed by atoms with E-state index < -0.39 is 6.04 Å². The zero-order valence-corrected chi connectivity index (χ0v) is 10.4. The van der Waals surface area contributed by atoms with Gasteiger partial charge in [-0.1, -0.05) is 6.07 Å². The third-order valence-corrected chi connectivity index (χ3v) is 2.79. The average molecular weight is 250 g/mol. The molecule has 1 aromatic rings. The van der Waals surface area contributed by atoms with E-state index in [1.54, 1.807) is 6.92 Å². The maximum Gasteiger partial charge on any atom is 0.236 e. The highest BCUT2D eigenvalue weighted by molar-refractivity contribution is 5.80. The standard InChI is InChI=1S/C13H18N2O3/c1-9(14)13(16)15-6-2-3-10-4-5-11-12(7-10)18-8-17-11/h4-5,7,9H,2-3,6,8,14H2,1H3,(H,15,16)/t9-/m1/s1. The molecule has 5 nitrogen and oxygen atoms in total. The Kier molecular flexibility index (Phi) is 4.04. The van der Waals surface area contributed by atoms with Crippen LogP contribution >= 0.6 is 0 Å². The zero-order valence-electron chi connectivity index (χ0n) is 10.4. The van der Waals surface area contributed by atoms with Crippen LogP contribution in [-0.4, -0.2) is 25.3 Å². The van der Waals surface area contributed by atoms with Crippen molar-refractivity contribution < 1.29 is 14.3 Å². The van der Waals surface area contributed by atoms with Gasteiger partial charge in [-0.2, -0.15) is 0 Å². The number of nitrogens with one attached hydrogen (secondary N) is 1. The first-order chi connectivity index (χ1) is 8.66. The smallest absolute Gasteiger partial charge is 0.236 e. The van der Waals surface area contributed by atoms with Gasteiger partial charge >= 0.3 is 0 Å². The first kappa shape index (κ1) is 12.7. The lowest BCUT2D eigenvalue weighted by molar-refractivity contribution is -0.121. The van der Waals surface area contributed by atoms with Crippen LogP contribution in [0.15, 0.2) is 18.2 Å². The lowest BCUT2D eigenvalue weighted by Crippen LogP contribution is -2.38. The Morgan fingerprint density at radius 3 is 3.00 bits per heavy atom. The van der Waals surface area contributed by atoms with Crippen molar-refractivity contribution >= 4 is 5.91 Å². The molecule has 18 heavy (non-hydrogen) atoms. The molecule has 0 aliphatic carbocycles. The molecule has 1 aliphatic heterocycles. The molecule has 5 heteroatoms. The van der Waals surface area contributed by atoms with Gasteiger partial charge in [-0.15, -0.1) is 0 Å². The van der Waals surface area contributed by atoms with Gasteiger partial charge in [-0.25, -0.2) is 0 Å². The molecule has 98 valence electrons. The Morgan fingerprint density at radius 1 is 1.44 bits per heavy atom. The number of hydrogen-bond acceptors (Lipinski definition) is 4. The SMILES string of the molecule is C[C@@H](N)C(=O)NCCCc1ccc2c(c1)OCO2. The third kappa shape index (κ3) is 3.13. The highest BCUT2D eigenvalue weighted by atomic mass is 16.7. The normalized spacial score (nSPS) is 14.3. The molecule has 0 unspecified atom stereocenters. The molecule has 3 N–H and O–H groups in total. The number of aryl methyl sites for hydroxylation is 1. The van der Waals surface area contributed by atoms with Gasteiger partial charge in [0.2, 0.25) is 12.7 Å². The monoisotopic (exact) mass is 250 g/mol. The quantitative estimate of drug-likeness (QED) is 0.758. The number of fused-ring (bicyclic) bond motifs is 1. The first-order valence-electron chi connectivity index (χ1n) is 6.08. The number of amides is 1. The summed E-state index contributed by atoms with van der Waals surface area (Å²) in [7, 11) is 0. The van der Waals surface area contributed by atoms with Crippen LogP contribution < -0.4 is 20.5 Å². The predicted molar refractivity (Wildman–Crippen MR) is 67.5 cm³/mol. The second-order valence-corrected chi connectivity index (χ2v) is 4.37. The second-order valence-electron chi connectivity index (χ2n) is 4.37. The lowest BCUT2D eigenvalue weighted by atomic mass is 10.1. The average Bonchev–Trinajstić information content (AvgIpc) is 2.81. The molecule has 0 spiro atoms. The van der Waals surface area contributed by atoms with Crippen molar-refractivity contribution in [1.29, 1.82) is 0 Å². The minimum absolute atomic E-state index is 0.110. The van der Waals surface area contributed by atoms with Gasteiger partial charge in [-0.05, 0) is 37.5 Å². The van der Waals surface area contributed by atoms with E-state index >= 15 is 0 Å². The minimum Gasteiger partial charge on any atom is -0.454 e. The van der Waals surface area contributed by atoms with Crippen LogP contribution in [0.1, 0.15) is 18.9 Å². The van der Waals surface area contributed by atoms with Crippen molar-refractivity contribution in [3.05, 3.63) is 23.8 Å². The minimum atomic E-state index is -0.449. The molecule has 1 heterocycles. The van der Waals surface area contributed by atoms with Crippen LogP contribution in [0.2, 0.25) is 0 Å². The van der Waals surface area contributed by atoms with E-state index in [9.17, 15) is 4.79 Å². The molecule has 1 aliphatic rings. The molecule has 1 amide bonds. The number of ether oxygens (including phenoxy) is 2. The summed E-state index contributed by atoms with van der Waals surface area (Å²) in [6, 6.07) is 5.46. The fourth-order valence-electron chi connectivity index (χ4n) is 1.76. The van der Waals surface area contributed by atoms with Crippen molar-refractivity contribution in [2.24, 2.45) is 5.73 Å². The summed E-state index contributed by atoms with van der Waals surface area (Å²) in [6.45, 7) is 2.60. The molecular weight excluding hydrogens is 232 g/mol. The summed E-state index contributed by atoms with van der Waals surface area (Å²) < 4.78 is 10.6. The number of carbonyl (C=O) groups is 1. The number of rotatable bonds is 5. The molecule has 0 saturated carbocycles. The summed E-state index contributed by atoms with van der Waals surface area (Å²) in [5, 5.41) is 2.78. The topological polar surface area (TPSA) is 73.6 Å². The van der Waals surface area contributed by atoms with Crippen LogP contribution in [-0.2, 0) is 11.2 Å². The van der Waals surface area contributed by atoms with E-state index in [0.29, 0.717) is 13.3 Å². The van der Waals surface area contributed by atoms with E-state index in [1.165, 1.54) is 5.56 Å². The molecule has 1 atom stereocenters. The second kappa shape index (κ2) is 5.73. The van der Waals surface area contributed by atoms with Crippen LogP contribution in [0.25, 0.3) is 0 Å². The number of carbonyl (C=O) groups excluding carboxylic acids is 1. The van der Waals surface area contributed by atoms with Gasteiger partial charge in [0.25, 0.3) is 0 Å². The van der Waals surface area contributed by atoms with Crippen molar-refractivity contribution in [3.63, 3.8) is 0 Å². The Labute approximate surface area is 106 Å². The molecule has 0 fully saturated rings. The van der Waals surface area contributed by atoms with Crippen molar-refractivity contribution in [3.8, 4) is 11.5 Å². The molecule has 0 aromatic heterocycles. The summed E-state index contributed by atoms with van der Waals surface area (Å²) in [5.74, 6) is 1.48. The Hall–Kier alpha value is -1.75. The van der Waals surface area contributed by atoms with E-state index in [0.717, 1.165) is 24.3 Å². The van der Waals surface area contributed by atoms with Gasteiger partial charge in [0.15, 0.2) is 11.5 Å². The molecular formula is C13H18N2O3. The van der Waals surface area contributed by atoms with Crippen molar-refractivity contribution in [2.45, 2.75) is 25.8 Å². The molecule has 0 bridgehead atoms. The Balaban J connectivity index is 1.75. The molecule has 1 aromatic carbocycles. The number of nitrogens with two attached hydrogens (primary N) is 1.